The summed E-state index contributed by atoms with van der Waals surface area (Å²) in [5.41, 5.74) is 6.69. The third-order valence-electron chi connectivity index (χ3n) is 5.31. The summed E-state index contributed by atoms with van der Waals surface area (Å²) in [5.74, 6) is 0.0595. The molecule has 0 saturated heterocycles. The molecule has 0 fully saturated rings. The third kappa shape index (κ3) is 4.28. The second-order valence-electron chi connectivity index (χ2n) is 7.85. The Bertz CT molecular complexity index is 1190. The number of hydrogen-bond acceptors (Lipinski definition) is 4. The van der Waals surface area contributed by atoms with Crippen molar-refractivity contribution in [3.05, 3.63) is 76.6 Å². The highest BCUT2D eigenvalue weighted by Crippen LogP contribution is 2.32. The van der Waals surface area contributed by atoms with Crippen LogP contribution in [0, 0.1) is 27.7 Å². The molecule has 0 aliphatic heterocycles. The molecule has 4 rings (SSSR count). The topological polar surface area (TPSA) is 51.0 Å². The molecule has 0 unspecified atom stereocenters. The first kappa shape index (κ1) is 20.3. The van der Waals surface area contributed by atoms with Crippen LogP contribution in [0.2, 0.25) is 0 Å². The number of aryl methyl sites for hydroxylation is 4. The van der Waals surface area contributed by atoms with Gasteiger partial charge in [-0.1, -0.05) is 41.2 Å². The average Bonchev–Trinajstić information content (AvgIpc) is 3.35. The molecule has 0 aliphatic carbocycles. The second-order valence-corrected chi connectivity index (χ2v) is 8.86. The Morgan fingerprint density at radius 2 is 1.90 bits per heavy atom. The van der Waals surface area contributed by atoms with E-state index in [4.69, 9.17) is 4.98 Å². The Morgan fingerprint density at radius 1 is 1.07 bits per heavy atom. The van der Waals surface area contributed by atoms with Crippen LogP contribution < -0.4 is 4.90 Å². The molecule has 5 nitrogen and oxygen atoms in total. The molecule has 0 bridgehead atoms. The minimum atomic E-state index is 0.0595. The van der Waals surface area contributed by atoms with Crippen molar-refractivity contribution in [2.75, 3.05) is 11.4 Å². The van der Waals surface area contributed by atoms with Crippen molar-refractivity contribution in [2.24, 2.45) is 0 Å². The Balaban J connectivity index is 1.67. The molecule has 154 valence electrons. The Kier molecular flexibility index (Phi) is 5.68. The van der Waals surface area contributed by atoms with E-state index >= 15 is 0 Å². The number of rotatable bonds is 6. The molecule has 2 aromatic heterocycles. The van der Waals surface area contributed by atoms with Gasteiger partial charge in [0, 0.05) is 18.9 Å². The predicted molar refractivity (Wildman–Crippen MR) is 123 cm³/mol. The van der Waals surface area contributed by atoms with Crippen LogP contribution in [0.25, 0.3) is 10.2 Å². The van der Waals surface area contributed by atoms with E-state index in [-0.39, 0.29) is 5.91 Å². The molecule has 2 heterocycles. The number of amides is 1. The van der Waals surface area contributed by atoms with Gasteiger partial charge in [-0.15, -0.1) is 0 Å². The van der Waals surface area contributed by atoms with Crippen LogP contribution in [-0.2, 0) is 17.8 Å². The van der Waals surface area contributed by atoms with Crippen LogP contribution in [-0.4, -0.2) is 27.2 Å². The molecule has 4 aromatic rings. The molecule has 0 radical (unpaired) electrons. The van der Waals surface area contributed by atoms with Gasteiger partial charge in [0.15, 0.2) is 5.13 Å². The van der Waals surface area contributed by atoms with E-state index in [0.717, 1.165) is 37.6 Å². The van der Waals surface area contributed by atoms with Crippen LogP contribution in [0.1, 0.15) is 27.8 Å². The van der Waals surface area contributed by atoms with Gasteiger partial charge in [-0.05, 0) is 62.1 Å². The van der Waals surface area contributed by atoms with Crippen molar-refractivity contribution < 1.29 is 4.79 Å². The van der Waals surface area contributed by atoms with Crippen LogP contribution in [0.3, 0.4) is 0 Å². The fourth-order valence-corrected chi connectivity index (χ4v) is 4.87. The van der Waals surface area contributed by atoms with Crippen molar-refractivity contribution in [3.8, 4) is 0 Å². The Morgan fingerprint density at radius 3 is 2.67 bits per heavy atom. The summed E-state index contributed by atoms with van der Waals surface area (Å²) in [7, 11) is 0. The molecule has 0 aliphatic rings. The minimum Gasteiger partial charge on any atom is -0.286 e. The lowest BCUT2D eigenvalue weighted by Gasteiger charge is -2.20. The second kappa shape index (κ2) is 8.40. The van der Waals surface area contributed by atoms with Gasteiger partial charge >= 0.3 is 0 Å². The highest BCUT2D eigenvalue weighted by Gasteiger charge is 2.21. The predicted octanol–water partition coefficient (Wildman–Crippen LogP) is 5.00. The van der Waals surface area contributed by atoms with Crippen LogP contribution >= 0.6 is 11.3 Å². The number of benzene rings is 2. The number of fused-ring (bicyclic) bond motifs is 1. The van der Waals surface area contributed by atoms with E-state index in [1.807, 2.05) is 21.8 Å². The van der Waals surface area contributed by atoms with Gasteiger partial charge in [0.05, 0.1) is 23.2 Å². The van der Waals surface area contributed by atoms with Gasteiger partial charge in [-0.25, -0.2) is 4.98 Å². The largest absolute Gasteiger partial charge is 0.286 e. The summed E-state index contributed by atoms with van der Waals surface area (Å²) < 4.78 is 2.96. The number of carbonyl (C=O) groups excluding carboxylic acids is 1. The summed E-state index contributed by atoms with van der Waals surface area (Å²) in [6, 6.07) is 12.4. The summed E-state index contributed by atoms with van der Waals surface area (Å²) in [4.78, 5) is 20.1. The van der Waals surface area contributed by atoms with E-state index < -0.39 is 0 Å². The lowest BCUT2D eigenvalue weighted by Crippen LogP contribution is -2.35. The third-order valence-corrected chi connectivity index (χ3v) is 6.33. The van der Waals surface area contributed by atoms with E-state index in [2.05, 4.69) is 63.1 Å². The van der Waals surface area contributed by atoms with Crippen LogP contribution in [0.15, 0.2) is 48.8 Å². The first-order valence-corrected chi connectivity index (χ1v) is 10.9. The summed E-state index contributed by atoms with van der Waals surface area (Å²) in [6.45, 7) is 9.43. The monoisotopic (exact) mass is 418 g/mol. The lowest BCUT2D eigenvalue weighted by atomic mass is 10.0. The smallest absolute Gasteiger partial charge is 0.233 e. The molecular weight excluding hydrogens is 392 g/mol. The lowest BCUT2D eigenvalue weighted by molar-refractivity contribution is -0.118. The number of thiazole rings is 1. The van der Waals surface area contributed by atoms with Gasteiger partial charge in [-0.3, -0.25) is 14.4 Å². The number of carbonyl (C=O) groups is 1. The van der Waals surface area contributed by atoms with E-state index in [9.17, 15) is 4.79 Å². The summed E-state index contributed by atoms with van der Waals surface area (Å²) >= 11 is 1.58. The molecule has 6 heteroatoms. The van der Waals surface area contributed by atoms with Gasteiger partial charge in [-0.2, -0.15) is 5.10 Å². The first-order chi connectivity index (χ1) is 14.4. The van der Waals surface area contributed by atoms with E-state index in [0.29, 0.717) is 19.5 Å². The molecule has 0 atom stereocenters. The van der Waals surface area contributed by atoms with Crippen LogP contribution in [0.5, 0.6) is 0 Å². The Hall–Kier alpha value is -2.99. The fraction of sp³-hybridized carbons (Fsp3) is 0.292. The molecule has 1 amide bonds. The maximum atomic E-state index is 13.4. The van der Waals surface area contributed by atoms with E-state index in [1.54, 1.807) is 17.5 Å². The molecule has 0 spiro atoms. The fourth-order valence-electron chi connectivity index (χ4n) is 3.69. The van der Waals surface area contributed by atoms with Crippen molar-refractivity contribution in [1.29, 1.82) is 0 Å². The summed E-state index contributed by atoms with van der Waals surface area (Å²) in [6.07, 6.45) is 4.03. The normalized spacial score (nSPS) is 11.2. The van der Waals surface area contributed by atoms with Gasteiger partial charge in [0.2, 0.25) is 5.91 Å². The van der Waals surface area contributed by atoms with Crippen molar-refractivity contribution in [3.63, 3.8) is 0 Å². The standard InChI is InChI=1S/C24H26N4OS/c1-16-6-7-18(3)20(13-16)15-22(29)28(11-10-27-9-5-8-25-27)24-26-23-19(4)12-17(2)14-21(23)30-24/h5-9,12-14H,10-11,15H2,1-4H3. The number of hydrogen-bond donors (Lipinski definition) is 0. The first-order valence-electron chi connectivity index (χ1n) is 10.1. The van der Waals surface area contributed by atoms with Crippen LogP contribution in [0.4, 0.5) is 5.13 Å². The number of nitrogens with zero attached hydrogens (tertiary/aromatic N) is 4. The molecular formula is C24H26N4OS. The van der Waals surface area contributed by atoms with E-state index in [1.165, 1.54) is 5.56 Å². The average molecular weight is 419 g/mol. The Labute approximate surface area is 181 Å². The molecule has 0 saturated carbocycles. The SMILES string of the molecule is Cc1ccc(C)c(CC(=O)N(CCn2cccn2)c2nc3c(C)cc(C)cc3s2)c1. The highest BCUT2D eigenvalue weighted by atomic mass is 32.1. The van der Waals surface area contributed by atoms with Crippen molar-refractivity contribution >= 4 is 32.6 Å². The van der Waals surface area contributed by atoms with Crippen molar-refractivity contribution in [1.82, 2.24) is 14.8 Å². The zero-order chi connectivity index (χ0) is 21.3. The quantitative estimate of drug-likeness (QED) is 0.443. The maximum Gasteiger partial charge on any atom is 0.233 e. The molecule has 30 heavy (non-hydrogen) atoms. The number of aromatic nitrogens is 3. The minimum absolute atomic E-state index is 0.0595. The summed E-state index contributed by atoms with van der Waals surface area (Å²) in [5, 5.41) is 5.03. The highest BCUT2D eigenvalue weighted by molar-refractivity contribution is 7.22. The van der Waals surface area contributed by atoms with Gasteiger partial charge < -0.3 is 0 Å². The molecule has 0 N–H and O–H groups in total. The zero-order valence-corrected chi connectivity index (χ0v) is 18.7. The molecule has 2 aromatic carbocycles. The maximum absolute atomic E-state index is 13.4. The zero-order valence-electron chi connectivity index (χ0n) is 17.8. The number of anilines is 1. The van der Waals surface area contributed by atoms with Crippen molar-refractivity contribution in [2.45, 2.75) is 40.7 Å². The van der Waals surface area contributed by atoms with Gasteiger partial charge in [0.25, 0.3) is 0 Å². The van der Waals surface area contributed by atoms with Gasteiger partial charge in [0.1, 0.15) is 0 Å².